The van der Waals surface area contributed by atoms with E-state index in [0.29, 0.717) is 19.1 Å². The van der Waals surface area contributed by atoms with Crippen molar-refractivity contribution in [2.45, 2.75) is 31.7 Å². The zero-order chi connectivity index (χ0) is 17.2. The second-order valence-corrected chi connectivity index (χ2v) is 5.87. The largest absolute Gasteiger partial charge is 0.469 e. The molecule has 1 aromatic rings. The van der Waals surface area contributed by atoms with E-state index >= 15 is 0 Å². The molecule has 7 heteroatoms. The topological polar surface area (TPSA) is 79.1 Å². The maximum absolute atomic E-state index is 12.0. The number of amides is 1. The first kappa shape index (κ1) is 18.3. The van der Waals surface area contributed by atoms with Crippen LogP contribution in [0.1, 0.15) is 25.0 Å². The molecule has 0 radical (unpaired) electrons. The van der Waals surface area contributed by atoms with Crippen molar-refractivity contribution in [3.63, 3.8) is 0 Å². The van der Waals surface area contributed by atoms with Gasteiger partial charge < -0.3 is 24.7 Å². The number of likely N-dealkylation sites (tertiary alicyclic amines) is 1. The van der Waals surface area contributed by atoms with Crippen LogP contribution in [0.2, 0.25) is 0 Å². The number of furan rings is 1. The van der Waals surface area contributed by atoms with Crippen LogP contribution in [-0.4, -0.2) is 63.2 Å². The zero-order valence-electron chi connectivity index (χ0n) is 14.6. The number of aliphatic imine (C=N–C) groups is 1. The Bertz CT molecular complexity index is 508. The fourth-order valence-corrected chi connectivity index (χ4v) is 2.77. The molecule has 0 saturated carbocycles. The number of rotatable bonds is 7. The summed E-state index contributed by atoms with van der Waals surface area (Å²) in [5, 5.41) is 6.73. The number of carbonyl (C=O) groups excluding carboxylic acids is 1. The second kappa shape index (κ2) is 9.97. The van der Waals surface area contributed by atoms with Crippen LogP contribution in [-0.2, 0) is 16.0 Å². The number of piperidine rings is 1. The molecule has 0 spiro atoms. The number of guanidine groups is 1. The number of nitrogens with zero attached hydrogens (tertiary/aromatic N) is 2. The minimum absolute atomic E-state index is 0.177. The summed E-state index contributed by atoms with van der Waals surface area (Å²) in [6.45, 7) is 2.82. The van der Waals surface area contributed by atoms with Crippen molar-refractivity contribution in [2.24, 2.45) is 4.99 Å². The van der Waals surface area contributed by atoms with Crippen LogP contribution in [0.4, 0.5) is 0 Å². The van der Waals surface area contributed by atoms with Crippen LogP contribution in [0.5, 0.6) is 0 Å². The van der Waals surface area contributed by atoms with Gasteiger partial charge >= 0.3 is 0 Å². The fourth-order valence-electron chi connectivity index (χ4n) is 2.77. The van der Waals surface area contributed by atoms with E-state index in [9.17, 15) is 4.79 Å². The van der Waals surface area contributed by atoms with Gasteiger partial charge in [-0.25, -0.2) is 0 Å². The van der Waals surface area contributed by atoms with Gasteiger partial charge in [0.25, 0.3) is 0 Å². The lowest BCUT2D eigenvalue weighted by atomic mass is 10.0. The van der Waals surface area contributed by atoms with Gasteiger partial charge in [0.05, 0.1) is 19.3 Å². The van der Waals surface area contributed by atoms with E-state index in [2.05, 4.69) is 15.6 Å². The summed E-state index contributed by atoms with van der Waals surface area (Å²) >= 11 is 0. The van der Waals surface area contributed by atoms with E-state index in [4.69, 9.17) is 9.15 Å². The molecular weight excluding hydrogens is 308 g/mol. The Balaban J connectivity index is 1.66. The van der Waals surface area contributed by atoms with Crippen LogP contribution in [0.3, 0.4) is 0 Å². The van der Waals surface area contributed by atoms with Gasteiger partial charge in [-0.3, -0.25) is 9.79 Å². The number of ether oxygens (including phenoxy) is 1. The Morgan fingerprint density at radius 3 is 2.88 bits per heavy atom. The number of nitrogens with one attached hydrogen (secondary N) is 2. The van der Waals surface area contributed by atoms with E-state index in [0.717, 1.165) is 50.6 Å². The van der Waals surface area contributed by atoms with E-state index in [1.54, 1.807) is 20.4 Å². The highest BCUT2D eigenvalue weighted by molar-refractivity contribution is 5.80. The summed E-state index contributed by atoms with van der Waals surface area (Å²) < 4.78 is 10.3. The highest BCUT2D eigenvalue weighted by atomic mass is 16.5. The van der Waals surface area contributed by atoms with Crippen LogP contribution >= 0.6 is 0 Å². The quantitative estimate of drug-likeness (QED) is 0.574. The van der Waals surface area contributed by atoms with Gasteiger partial charge in [0.1, 0.15) is 5.76 Å². The van der Waals surface area contributed by atoms with Crippen LogP contribution in [0.15, 0.2) is 27.8 Å². The summed E-state index contributed by atoms with van der Waals surface area (Å²) in [6.07, 6.45) is 4.82. The molecule has 7 nitrogen and oxygen atoms in total. The van der Waals surface area contributed by atoms with Crippen molar-refractivity contribution in [1.29, 1.82) is 0 Å². The number of hydrogen-bond donors (Lipinski definition) is 2. The van der Waals surface area contributed by atoms with Crippen LogP contribution < -0.4 is 10.6 Å². The number of carbonyl (C=O) groups is 1. The van der Waals surface area contributed by atoms with Crippen molar-refractivity contribution < 1.29 is 13.9 Å². The average molecular weight is 336 g/mol. The summed E-state index contributed by atoms with van der Waals surface area (Å²) in [4.78, 5) is 18.2. The van der Waals surface area contributed by atoms with Crippen molar-refractivity contribution in [1.82, 2.24) is 15.5 Å². The Morgan fingerprint density at radius 1 is 1.46 bits per heavy atom. The standard InChI is InChI=1S/C17H28N4O3/c1-18-17(19-9-5-15-4-3-12-24-15)20-14-6-10-21(11-7-14)16(22)8-13-23-2/h3-4,12,14H,5-11,13H2,1-2H3,(H2,18,19,20). The summed E-state index contributed by atoms with van der Waals surface area (Å²) in [6, 6.07) is 4.20. The molecule has 1 amide bonds. The summed E-state index contributed by atoms with van der Waals surface area (Å²) in [5.74, 6) is 1.93. The Hall–Kier alpha value is -2.02. The van der Waals surface area contributed by atoms with Crippen molar-refractivity contribution in [2.75, 3.05) is 40.4 Å². The molecule has 1 fully saturated rings. The van der Waals surface area contributed by atoms with Crippen molar-refractivity contribution in [3.05, 3.63) is 24.2 Å². The molecule has 1 saturated heterocycles. The minimum Gasteiger partial charge on any atom is -0.469 e. The van der Waals surface area contributed by atoms with E-state index < -0.39 is 0 Å². The van der Waals surface area contributed by atoms with Gasteiger partial charge in [0.15, 0.2) is 5.96 Å². The molecule has 2 heterocycles. The minimum atomic E-state index is 0.177. The maximum atomic E-state index is 12.0. The number of hydrogen-bond acceptors (Lipinski definition) is 4. The van der Waals surface area contributed by atoms with Gasteiger partial charge in [-0.05, 0) is 25.0 Å². The van der Waals surface area contributed by atoms with Gasteiger partial charge in [-0.2, -0.15) is 0 Å². The molecule has 24 heavy (non-hydrogen) atoms. The van der Waals surface area contributed by atoms with E-state index in [1.165, 1.54) is 0 Å². The normalized spacial score (nSPS) is 16.2. The summed E-state index contributed by atoms with van der Waals surface area (Å²) in [5.41, 5.74) is 0. The summed E-state index contributed by atoms with van der Waals surface area (Å²) in [7, 11) is 3.39. The van der Waals surface area contributed by atoms with Gasteiger partial charge in [0, 0.05) is 46.3 Å². The molecule has 0 aliphatic carbocycles. The zero-order valence-corrected chi connectivity index (χ0v) is 14.6. The van der Waals surface area contributed by atoms with Crippen LogP contribution in [0, 0.1) is 0 Å². The van der Waals surface area contributed by atoms with Crippen molar-refractivity contribution in [3.8, 4) is 0 Å². The lowest BCUT2D eigenvalue weighted by Gasteiger charge is -2.33. The van der Waals surface area contributed by atoms with Gasteiger partial charge in [0.2, 0.25) is 5.91 Å². The molecule has 2 N–H and O–H groups in total. The smallest absolute Gasteiger partial charge is 0.224 e. The molecule has 1 aliphatic rings. The predicted octanol–water partition coefficient (Wildman–Crippen LogP) is 1.01. The first-order chi connectivity index (χ1) is 11.7. The molecule has 134 valence electrons. The molecular formula is C17H28N4O3. The third kappa shape index (κ3) is 5.88. The first-order valence-electron chi connectivity index (χ1n) is 8.49. The molecule has 1 aliphatic heterocycles. The monoisotopic (exact) mass is 336 g/mol. The van der Waals surface area contributed by atoms with E-state index in [-0.39, 0.29) is 5.91 Å². The Labute approximate surface area is 143 Å². The molecule has 0 aromatic carbocycles. The third-order valence-electron chi connectivity index (χ3n) is 4.18. The fraction of sp³-hybridized carbons (Fsp3) is 0.647. The first-order valence-corrected chi connectivity index (χ1v) is 8.49. The lowest BCUT2D eigenvalue weighted by Crippen LogP contribution is -2.50. The molecule has 2 rings (SSSR count). The van der Waals surface area contributed by atoms with Gasteiger partial charge in [-0.1, -0.05) is 0 Å². The van der Waals surface area contributed by atoms with Gasteiger partial charge in [-0.15, -0.1) is 0 Å². The molecule has 1 aromatic heterocycles. The average Bonchev–Trinajstić information content (AvgIpc) is 3.12. The molecule has 0 atom stereocenters. The SMILES string of the molecule is CN=C(NCCc1ccco1)NC1CCN(C(=O)CCOC)CC1. The third-order valence-corrected chi connectivity index (χ3v) is 4.18. The lowest BCUT2D eigenvalue weighted by molar-refractivity contribution is -0.133. The van der Waals surface area contributed by atoms with Crippen molar-refractivity contribution >= 4 is 11.9 Å². The number of methoxy groups -OCH3 is 1. The molecule has 0 bridgehead atoms. The predicted molar refractivity (Wildman–Crippen MR) is 93.0 cm³/mol. The highest BCUT2D eigenvalue weighted by Crippen LogP contribution is 2.11. The maximum Gasteiger partial charge on any atom is 0.224 e. The highest BCUT2D eigenvalue weighted by Gasteiger charge is 2.22. The van der Waals surface area contributed by atoms with E-state index in [1.807, 2.05) is 17.0 Å². The molecule has 0 unspecified atom stereocenters. The Morgan fingerprint density at radius 2 is 2.25 bits per heavy atom. The van der Waals surface area contributed by atoms with Crippen LogP contribution in [0.25, 0.3) is 0 Å². The second-order valence-electron chi connectivity index (χ2n) is 5.87. The Kier molecular flexibility index (Phi) is 7.61.